The number of carbonyl (C=O) groups is 1. The van der Waals surface area contributed by atoms with Gasteiger partial charge in [-0.3, -0.25) is 14.5 Å². The lowest BCUT2D eigenvalue weighted by atomic mass is 10.1. The van der Waals surface area contributed by atoms with Crippen molar-refractivity contribution in [3.05, 3.63) is 42.0 Å². The maximum atomic E-state index is 13.1. The molecule has 5 nitrogen and oxygen atoms in total. The lowest BCUT2D eigenvalue weighted by Gasteiger charge is -2.11. The molecule has 1 fully saturated rings. The normalized spacial score (nSPS) is 19.7. The standard InChI is InChI=1S/C16H14F2N4OS/c17-16(18)7-12(19-9-16)14(23)20-11-3-1-10(2-4-11)13-8-22-5-6-24-15(22)21-13/h1-6,8,12,19H,7,9H2,(H,20,23). The molecule has 0 aliphatic carbocycles. The summed E-state index contributed by atoms with van der Waals surface area (Å²) in [5.41, 5.74) is 2.34. The molecule has 0 radical (unpaired) electrons. The zero-order valence-corrected chi connectivity index (χ0v) is 13.3. The predicted molar refractivity (Wildman–Crippen MR) is 88.5 cm³/mol. The van der Waals surface area contributed by atoms with Crippen LogP contribution in [0, 0.1) is 0 Å². The van der Waals surface area contributed by atoms with Crippen LogP contribution >= 0.6 is 11.3 Å². The summed E-state index contributed by atoms with van der Waals surface area (Å²) < 4.78 is 28.2. The van der Waals surface area contributed by atoms with E-state index >= 15 is 0 Å². The molecule has 1 aliphatic rings. The second kappa shape index (κ2) is 5.64. The number of rotatable bonds is 3. The van der Waals surface area contributed by atoms with Gasteiger partial charge < -0.3 is 5.32 Å². The van der Waals surface area contributed by atoms with E-state index in [0.717, 1.165) is 16.2 Å². The molecule has 2 N–H and O–H groups in total. The first-order chi connectivity index (χ1) is 11.5. The molecule has 3 aromatic rings. The number of benzene rings is 1. The number of nitrogens with one attached hydrogen (secondary N) is 2. The molecule has 0 saturated carbocycles. The first-order valence-corrected chi connectivity index (χ1v) is 8.33. The quantitative estimate of drug-likeness (QED) is 0.765. The summed E-state index contributed by atoms with van der Waals surface area (Å²) in [7, 11) is 0. The van der Waals surface area contributed by atoms with Crippen molar-refractivity contribution >= 4 is 27.9 Å². The Morgan fingerprint density at radius 3 is 2.83 bits per heavy atom. The summed E-state index contributed by atoms with van der Waals surface area (Å²) >= 11 is 1.55. The van der Waals surface area contributed by atoms with Crippen molar-refractivity contribution in [1.29, 1.82) is 0 Å². The largest absolute Gasteiger partial charge is 0.325 e. The molecule has 24 heavy (non-hydrogen) atoms. The highest BCUT2D eigenvalue weighted by atomic mass is 32.1. The Morgan fingerprint density at radius 1 is 1.38 bits per heavy atom. The van der Waals surface area contributed by atoms with Crippen molar-refractivity contribution in [2.45, 2.75) is 18.4 Å². The van der Waals surface area contributed by atoms with Gasteiger partial charge in [-0.25, -0.2) is 13.8 Å². The fourth-order valence-electron chi connectivity index (χ4n) is 2.72. The van der Waals surface area contributed by atoms with Gasteiger partial charge >= 0.3 is 0 Å². The predicted octanol–water partition coefficient (Wildman–Crippen LogP) is 3.00. The van der Waals surface area contributed by atoms with E-state index < -0.39 is 30.8 Å². The topological polar surface area (TPSA) is 58.4 Å². The average molecular weight is 348 g/mol. The van der Waals surface area contributed by atoms with Crippen LogP contribution in [-0.2, 0) is 4.79 Å². The average Bonchev–Trinajstić information content (AvgIpc) is 3.22. The van der Waals surface area contributed by atoms with Gasteiger partial charge in [-0.05, 0) is 12.1 Å². The first kappa shape index (κ1) is 15.2. The molecule has 0 bridgehead atoms. The summed E-state index contributed by atoms with van der Waals surface area (Å²) in [5, 5.41) is 7.17. The molecule has 8 heteroatoms. The van der Waals surface area contributed by atoms with E-state index in [1.165, 1.54) is 0 Å². The van der Waals surface area contributed by atoms with E-state index in [-0.39, 0.29) is 0 Å². The minimum atomic E-state index is -2.82. The number of hydrogen-bond acceptors (Lipinski definition) is 4. The number of aromatic nitrogens is 2. The van der Waals surface area contributed by atoms with Gasteiger partial charge in [0.1, 0.15) is 0 Å². The van der Waals surface area contributed by atoms with Crippen molar-refractivity contribution in [1.82, 2.24) is 14.7 Å². The van der Waals surface area contributed by atoms with Crippen molar-refractivity contribution in [3.8, 4) is 11.3 Å². The summed E-state index contributed by atoms with van der Waals surface area (Å²) in [6.45, 7) is -0.457. The van der Waals surface area contributed by atoms with Crippen LogP contribution in [0.15, 0.2) is 42.0 Å². The number of thiazole rings is 1. The van der Waals surface area contributed by atoms with Crippen LogP contribution in [0.4, 0.5) is 14.5 Å². The van der Waals surface area contributed by atoms with Crippen molar-refractivity contribution in [2.24, 2.45) is 0 Å². The molecule has 0 spiro atoms. The summed E-state index contributed by atoms with van der Waals surface area (Å²) in [4.78, 5) is 17.4. The van der Waals surface area contributed by atoms with Crippen molar-refractivity contribution in [3.63, 3.8) is 0 Å². The molecule has 1 amide bonds. The molecule has 124 valence electrons. The van der Waals surface area contributed by atoms with Gasteiger partial charge in [-0.15, -0.1) is 11.3 Å². The smallest absolute Gasteiger partial charge is 0.262 e. The lowest BCUT2D eigenvalue weighted by Crippen LogP contribution is -2.35. The van der Waals surface area contributed by atoms with Crippen LogP contribution in [0.1, 0.15) is 6.42 Å². The SMILES string of the molecule is O=C(Nc1ccc(-c2cn3ccsc3n2)cc1)C1CC(F)(F)CN1. The van der Waals surface area contributed by atoms with Crippen molar-refractivity contribution < 1.29 is 13.6 Å². The Kier molecular flexibility index (Phi) is 3.58. The van der Waals surface area contributed by atoms with Gasteiger partial charge in [0.25, 0.3) is 5.92 Å². The fraction of sp³-hybridized carbons (Fsp3) is 0.250. The fourth-order valence-corrected chi connectivity index (χ4v) is 3.42. The highest BCUT2D eigenvalue weighted by Crippen LogP contribution is 2.26. The van der Waals surface area contributed by atoms with E-state index in [1.807, 2.05) is 34.3 Å². The number of hydrogen-bond donors (Lipinski definition) is 2. The van der Waals surface area contributed by atoms with Gasteiger partial charge in [0.2, 0.25) is 5.91 Å². The Hall–Kier alpha value is -2.32. The maximum absolute atomic E-state index is 13.1. The first-order valence-electron chi connectivity index (χ1n) is 7.45. The number of nitrogens with zero attached hydrogens (tertiary/aromatic N) is 2. The highest BCUT2D eigenvalue weighted by Gasteiger charge is 2.42. The van der Waals surface area contributed by atoms with E-state index in [0.29, 0.717) is 5.69 Å². The van der Waals surface area contributed by atoms with Gasteiger partial charge in [0.15, 0.2) is 4.96 Å². The Labute approximate surface area is 140 Å². The third-order valence-corrected chi connectivity index (χ3v) is 4.74. The molecule has 2 aromatic heterocycles. The van der Waals surface area contributed by atoms with Gasteiger partial charge in [0.05, 0.1) is 18.3 Å². The molecular weight excluding hydrogens is 334 g/mol. The molecule has 1 aliphatic heterocycles. The highest BCUT2D eigenvalue weighted by molar-refractivity contribution is 7.15. The number of alkyl halides is 2. The number of carbonyl (C=O) groups excluding carboxylic acids is 1. The summed E-state index contributed by atoms with van der Waals surface area (Å²) in [5.74, 6) is -3.26. The zero-order valence-electron chi connectivity index (χ0n) is 12.5. The zero-order chi connectivity index (χ0) is 16.7. The summed E-state index contributed by atoms with van der Waals surface area (Å²) in [6.07, 6.45) is 3.40. The molecule has 1 saturated heterocycles. The van der Waals surface area contributed by atoms with Crippen LogP contribution < -0.4 is 10.6 Å². The third-order valence-electron chi connectivity index (χ3n) is 3.97. The van der Waals surface area contributed by atoms with E-state index in [2.05, 4.69) is 15.6 Å². The molecule has 1 aromatic carbocycles. The van der Waals surface area contributed by atoms with E-state index in [4.69, 9.17) is 0 Å². The summed E-state index contributed by atoms with van der Waals surface area (Å²) in [6, 6.07) is 6.32. The molecule has 3 heterocycles. The number of amides is 1. The van der Waals surface area contributed by atoms with Crippen LogP contribution in [0.5, 0.6) is 0 Å². The van der Waals surface area contributed by atoms with Crippen molar-refractivity contribution in [2.75, 3.05) is 11.9 Å². The Morgan fingerprint density at radius 2 is 2.17 bits per heavy atom. The maximum Gasteiger partial charge on any atom is 0.262 e. The van der Waals surface area contributed by atoms with Gasteiger partial charge in [-0.2, -0.15) is 0 Å². The van der Waals surface area contributed by atoms with Gasteiger partial charge in [0, 0.05) is 35.4 Å². The van der Waals surface area contributed by atoms with E-state index in [1.54, 1.807) is 23.5 Å². The molecule has 1 atom stereocenters. The van der Waals surface area contributed by atoms with Crippen LogP contribution in [0.2, 0.25) is 0 Å². The van der Waals surface area contributed by atoms with Crippen LogP contribution in [0.25, 0.3) is 16.2 Å². The lowest BCUT2D eigenvalue weighted by molar-refractivity contribution is -0.118. The minimum Gasteiger partial charge on any atom is -0.325 e. The number of halogens is 2. The molecule has 1 unspecified atom stereocenters. The number of fused-ring (bicyclic) bond motifs is 1. The third kappa shape index (κ3) is 2.90. The Bertz CT molecular complexity index is 859. The monoisotopic (exact) mass is 348 g/mol. The second-order valence-electron chi connectivity index (χ2n) is 5.78. The van der Waals surface area contributed by atoms with E-state index in [9.17, 15) is 13.6 Å². The molecule has 4 rings (SSSR count). The number of anilines is 1. The number of imidazole rings is 1. The minimum absolute atomic E-state index is 0.442. The van der Waals surface area contributed by atoms with Crippen LogP contribution in [-0.4, -0.2) is 33.8 Å². The second-order valence-corrected chi connectivity index (χ2v) is 6.65. The van der Waals surface area contributed by atoms with Gasteiger partial charge in [-0.1, -0.05) is 12.1 Å². The molecular formula is C16H14F2N4OS. The van der Waals surface area contributed by atoms with Crippen LogP contribution in [0.3, 0.4) is 0 Å². The Balaban J connectivity index is 1.46.